The number of nitrogens with zero attached hydrogens (tertiary/aromatic N) is 3. The van der Waals surface area contributed by atoms with Gasteiger partial charge in [0.05, 0.1) is 23.5 Å². The summed E-state index contributed by atoms with van der Waals surface area (Å²) in [5.41, 5.74) is 8.11. The summed E-state index contributed by atoms with van der Waals surface area (Å²) >= 11 is 9.65. The molecular weight excluding hydrogens is 504 g/mol. The van der Waals surface area contributed by atoms with Crippen molar-refractivity contribution >= 4 is 38.9 Å². The van der Waals surface area contributed by atoms with Crippen LogP contribution < -0.4 is 10.2 Å². The number of aryl methyl sites for hydroxylation is 2. The Bertz CT molecular complexity index is 1330. The zero-order valence-electron chi connectivity index (χ0n) is 19.5. The molecule has 1 N–H and O–H groups in total. The average Bonchev–Trinajstić information content (AvgIpc) is 3.35. The van der Waals surface area contributed by atoms with Crippen LogP contribution in [0.15, 0.2) is 83.5 Å². The van der Waals surface area contributed by atoms with Crippen molar-refractivity contribution in [3.05, 3.63) is 112 Å². The van der Waals surface area contributed by atoms with E-state index in [9.17, 15) is 0 Å². The molecule has 0 radical (unpaired) electrons. The zero-order valence-corrected chi connectivity index (χ0v) is 21.9. The fourth-order valence-corrected chi connectivity index (χ4v) is 5.74. The molecule has 6 heteroatoms. The van der Waals surface area contributed by atoms with Gasteiger partial charge in [-0.3, -0.25) is 4.98 Å². The van der Waals surface area contributed by atoms with Crippen molar-refractivity contribution in [3.63, 3.8) is 0 Å². The van der Waals surface area contributed by atoms with E-state index in [1.54, 1.807) is 0 Å². The lowest BCUT2D eigenvalue weighted by atomic mass is 9.96. The monoisotopic (exact) mass is 530 g/mol. The summed E-state index contributed by atoms with van der Waals surface area (Å²) in [5.74, 6) is 0. The lowest BCUT2D eigenvalue weighted by Gasteiger charge is -2.28. The number of aromatic nitrogens is 2. The maximum Gasteiger partial charge on any atom is 0.174 e. The number of thiocarbonyl (C=S) groups is 1. The van der Waals surface area contributed by atoms with E-state index in [-0.39, 0.29) is 12.1 Å². The summed E-state index contributed by atoms with van der Waals surface area (Å²) in [6.07, 6.45) is 2.86. The summed E-state index contributed by atoms with van der Waals surface area (Å²) in [5, 5.41) is 4.30. The Kier molecular flexibility index (Phi) is 6.28. The van der Waals surface area contributed by atoms with E-state index >= 15 is 0 Å². The first kappa shape index (κ1) is 22.8. The molecule has 1 aliphatic rings. The first-order valence-electron chi connectivity index (χ1n) is 11.5. The number of hydrogen-bond donors (Lipinski definition) is 1. The number of halogens is 1. The molecule has 5 rings (SSSR count). The fourth-order valence-electron chi connectivity index (χ4n) is 4.93. The molecular formula is C28H27BrN4S. The second-order valence-corrected chi connectivity index (χ2v) is 9.87. The van der Waals surface area contributed by atoms with Crippen molar-refractivity contribution in [3.8, 4) is 5.69 Å². The number of pyridine rings is 1. The Morgan fingerprint density at radius 2 is 1.74 bits per heavy atom. The first-order valence-corrected chi connectivity index (χ1v) is 12.7. The van der Waals surface area contributed by atoms with Gasteiger partial charge in [0.15, 0.2) is 5.11 Å². The molecule has 1 saturated heterocycles. The van der Waals surface area contributed by atoms with Crippen molar-refractivity contribution in [1.82, 2.24) is 14.9 Å². The summed E-state index contributed by atoms with van der Waals surface area (Å²) in [4.78, 5) is 6.94. The molecule has 1 aliphatic heterocycles. The third kappa shape index (κ3) is 3.95. The van der Waals surface area contributed by atoms with Crippen LogP contribution in [0.25, 0.3) is 5.69 Å². The van der Waals surface area contributed by atoms with Crippen LogP contribution in [0.3, 0.4) is 0 Å². The molecule has 0 amide bonds. The number of hydrogen-bond acceptors (Lipinski definition) is 2. The summed E-state index contributed by atoms with van der Waals surface area (Å²) < 4.78 is 3.38. The van der Waals surface area contributed by atoms with Gasteiger partial charge in [0.25, 0.3) is 0 Å². The van der Waals surface area contributed by atoms with Crippen LogP contribution in [-0.4, -0.2) is 14.7 Å². The molecule has 2 aromatic heterocycles. The minimum absolute atomic E-state index is 0.0303. The molecule has 4 nitrogen and oxygen atoms in total. The van der Waals surface area contributed by atoms with Crippen LogP contribution in [0.5, 0.6) is 0 Å². The highest BCUT2D eigenvalue weighted by molar-refractivity contribution is 9.10. The number of benzene rings is 2. The van der Waals surface area contributed by atoms with Gasteiger partial charge in [0, 0.05) is 27.7 Å². The number of para-hydroxylation sites is 1. The van der Waals surface area contributed by atoms with Crippen LogP contribution in [0.1, 0.15) is 47.2 Å². The molecule has 3 heterocycles. The van der Waals surface area contributed by atoms with Gasteiger partial charge in [-0.1, -0.05) is 37.3 Å². The topological polar surface area (TPSA) is 33.1 Å². The molecule has 34 heavy (non-hydrogen) atoms. The van der Waals surface area contributed by atoms with Gasteiger partial charge in [-0.15, -0.1) is 0 Å². The Morgan fingerprint density at radius 3 is 2.41 bits per heavy atom. The zero-order chi connectivity index (χ0) is 23.8. The Morgan fingerprint density at radius 1 is 1.00 bits per heavy atom. The second kappa shape index (κ2) is 9.35. The summed E-state index contributed by atoms with van der Waals surface area (Å²) in [6, 6.07) is 25.3. The van der Waals surface area contributed by atoms with Gasteiger partial charge in [0.2, 0.25) is 0 Å². The fraction of sp³-hybridized carbons (Fsp3) is 0.214. The molecule has 0 aliphatic carbocycles. The van der Waals surface area contributed by atoms with Crippen molar-refractivity contribution in [2.45, 2.75) is 39.3 Å². The smallest absolute Gasteiger partial charge is 0.174 e. The molecule has 0 saturated carbocycles. The molecule has 2 aromatic carbocycles. The van der Waals surface area contributed by atoms with Gasteiger partial charge in [-0.25, -0.2) is 0 Å². The van der Waals surface area contributed by atoms with Crippen LogP contribution in [-0.2, 0) is 6.42 Å². The summed E-state index contributed by atoms with van der Waals surface area (Å²) in [7, 11) is 0. The predicted molar refractivity (Wildman–Crippen MR) is 147 cm³/mol. The van der Waals surface area contributed by atoms with E-state index < -0.39 is 0 Å². The molecule has 0 bridgehead atoms. The Hall–Kier alpha value is -2.96. The van der Waals surface area contributed by atoms with E-state index in [1.807, 2.05) is 24.4 Å². The third-order valence-corrected chi connectivity index (χ3v) is 7.59. The maximum atomic E-state index is 5.91. The molecule has 172 valence electrons. The SMILES string of the molecule is CCc1ccc(N2C(=S)N[C@@H](c3ccccn3)[C@@H]2c2cc(C)n(-c3ccccc3Br)c2C)cc1. The molecule has 1 fully saturated rings. The average molecular weight is 532 g/mol. The van der Waals surface area contributed by atoms with Crippen molar-refractivity contribution in [2.75, 3.05) is 4.90 Å². The van der Waals surface area contributed by atoms with Crippen molar-refractivity contribution in [2.24, 2.45) is 0 Å². The van der Waals surface area contributed by atoms with Crippen LogP contribution in [0, 0.1) is 13.8 Å². The molecule has 0 spiro atoms. The molecule has 2 atom stereocenters. The quantitative estimate of drug-likeness (QED) is 0.282. The van der Waals surface area contributed by atoms with Gasteiger partial charge >= 0.3 is 0 Å². The normalized spacial score (nSPS) is 17.8. The Balaban J connectivity index is 1.68. The van der Waals surface area contributed by atoms with E-state index in [1.165, 1.54) is 22.5 Å². The lowest BCUT2D eigenvalue weighted by molar-refractivity contribution is 0.565. The van der Waals surface area contributed by atoms with Crippen LogP contribution in [0.2, 0.25) is 0 Å². The molecule has 4 aromatic rings. The largest absolute Gasteiger partial charge is 0.351 e. The standard InChI is InChI=1S/C28H27BrN4S/c1-4-20-12-14-21(15-13-20)33-27(26(31-28(33)34)24-10-7-8-16-30-24)22-17-18(2)32(19(22)3)25-11-6-5-9-23(25)29/h5-17,26-27H,4H2,1-3H3,(H,31,34)/t26-,27-/m0/s1. The van der Waals surface area contributed by atoms with Crippen molar-refractivity contribution < 1.29 is 0 Å². The van der Waals surface area contributed by atoms with E-state index in [4.69, 9.17) is 17.2 Å². The van der Waals surface area contributed by atoms with Crippen molar-refractivity contribution in [1.29, 1.82) is 0 Å². The highest BCUT2D eigenvalue weighted by Gasteiger charge is 2.42. The minimum atomic E-state index is -0.0623. The van der Waals surface area contributed by atoms with Gasteiger partial charge in [0.1, 0.15) is 0 Å². The lowest BCUT2D eigenvalue weighted by Crippen LogP contribution is -2.29. The van der Waals surface area contributed by atoms with E-state index in [0.29, 0.717) is 0 Å². The minimum Gasteiger partial charge on any atom is -0.351 e. The highest BCUT2D eigenvalue weighted by Crippen LogP contribution is 2.44. The first-order chi connectivity index (χ1) is 16.5. The van der Waals surface area contributed by atoms with E-state index in [2.05, 4.69) is 106 Å². The number of rotatable bonds is 5. The second-order valence-electron chi connectivity index (χ2n) is 8.63. The Labute approximate surface area is 214 Å². The van der Waals surface area contributed by atoms with Gasteiger partial charge in [-0.05, 0) is 102 Å². The van der Waals surface area contributed by atoms with Gasteiger partial charge < -0.3 is 14.8 Å². The third-order valence-electron chi connectivity index (χ3n) is 6.60. The number of anilines is 1. The maximum absolute atomic E-state index is 5.91. The highest BCUT2D eigenvalue weighted by atomic mass is 79.9. The number of nitrogens with one attached hydrogen (secondary N) is 1. The summed E-state index contributed by atoms with van der Waals surface area (Å²) in [6.45, 7) is 6.53. The predicted octanol–water partition coefficient (Wildman–Crippen LogP) is 6.99. The van der Waals surface area contributed by atoms with Crippen LogP contribution >= 0.6 is 28.1 Å². The van der Waals surface area contributed by atoms with E-state index in [0.717, 1.165) is 33.1 Å². The van der Waals surface area contributed by atoms with Crippen LogP contribution in [0.4, 0.5) is 5.69 Å². The van der Waals surface area contributed by atoms with Gasteiger partial charge in [-0.2, -0.15) is 0 Å². The molecule has 0 unspecified atom stereocenters.